The first-order valence-electron chi connectivity index (χ1n) is 12.1. The quantitative estimate of drug-likeness (QED) is 0.602. The maximum absolute atomic E-state index is 5.90. The molecule has 1 saturated heterocycles. The van der Waals surface area contributed by atoms with Crippen molar-refractivity contribution in [1.82, 2.24) is 19.7 Å². The van der Waals surface area contributed by atoms with Gasteiger partial charge in [-0.3, -0.25) is 4.68 Å². The molecule has 3 aromatic rings. The number of ether oxygens (including phenoxy) is 2. The fraction of sp³-hybridized carbons (Fsp3) is 0.560. The lowest BCUT2D eigenvalue weighted by Gasteiger charge is -2.31. The van der Waals surface area contributed by atoms with Gasteiger partial charge >= 0.3 is 0 Å². The second-order valence-electron chi connectivity index (χ2n) is 9.26. The standard InChI is InChI=1S/C25H34N6O2/c1-32-22-12-20-21(13-23(22)33-2)28-25(30-10-8-17(14-26)9-11-30)29-24(20)18-15-27-31(16-18)19-6-4-3-5-7-19/h12-13,15-17,19H,3-11,14,26H2,1-2H3. The lowest BCUT2D eigenvalue weighted by molar-refractivity contribution is 0.329. The molecule has 2 N–H and O–H groups in total. The average Bonchev–Trinajstić information content (AvgIpc) is 3.38. The van der Waals surface area contributed by atoms with Gasteiger partial charge in [0.15, 0.2) is 11.5 Å². The van der Waals surface area contributed by atoms with Gasteiger partial charge in [-0.25, -0.2) is 9.97 Å². The minimum atomic E-state index is 0.477. The van der Waals surface area contributed by atoms with E-state index in [4.69, 9.17) is 30.3 Å². The van der Waals surface area contributed by atoms with Crippen LogP contribution in [0.25, 0.3) is 22.2 Å². The first-order chi connectivity index (χ1) is 16.2. The Morgan fingerprint density at radius 2 is 1.70 bits per heavy atom. The summed E-state index contributed by atoms with van der Waals surface area (Å²) < 4.78 is 13.3. The zero-order valence-corrected chi connectivity index (χ0v) is 19.7. The molecule has 0 atom stereocenters. The number of hydrogen-bond acceptors (Lipinski definition) is 7. The Bertz CT molecular complexity index is 1100. The molecule has 8 heteroatoms. The third-order valence-electron chi connectivity index (χ3n) is 7.24. The summed E-state index contributed by atoms with van der Waals surface area (Å²) in [4.78, 5) is 12.3. The van der Waals surface area contributed by atoms with E-state index in [0.29, 0.717) is 23.5 Å². The SMILES string of the molecule is COc1cc2nc(N3CCC(CN)CC3)nc(-c3cnn(C4CCCCC4)c3)c2cc1OC. The average molecular weight is 451 g/mol. The van der Waals surface area contributed by atoms with Crippen LogP contribution < -0.4 is 20.1 Å². The second-order valence-corrected chi connectivity index (χ2v) is 9.26. The number of nitrogens with two attached hydrogens (primary N) is 1. The summed E-state index contributed by atoms with van der Waals surface area (Å²) in [6.45, 7) is 2.58. The third kappa shape index (κ3) is 4.36. The van der Waals surface area contributed by atoms with Gasteiger partial charge in [-0.15, -0.1) is 0 Å². The van der Waals surface area contributed by atoms with Crippen molar-refractivity contribution in [3.63, 3.8) is 0 Å². The Balaban J connectivity index is 1.58. The maximum Gasteiger partial charge on any atom is 0.226 e. The predicted molar refractivity (Wildman–Crippen MR) is 130 cm³/mol. The molecule has 8 nitrogen and oxygen atoms in total. The lowest BCUT2D eigenvalue weighted by atomic mass is 9.96. The van der Waals surface area contributed by atoms with Crippen LogP contribution in [0.5, 0.6) is 11.5 Å². The van der Waals surface area contributed by atoms with Gasteiger partial charge in [-0.05, 0) is 44.2 Å². The van der Waals surface area contributed by atoms with Crippen LogP contribution in [0.15, 0.2) is 24.5 Å². The summed E-state index contributed by atoms with van der Waals surface area (Å²) >= 11 is 0. The predicted octanol–water partition coefficient (Wildman–Crippen LogP) is 4.19. The van der Waals surface area contributed by atoms with Gasteiger partial charge in [-0.1, -0.05) is 19.3 Å². The van der Waals surface area contributed by atoms with Crippen molar-refractivity contribution < 1.29 is 9.47 Å². The summed E-state index contributed by atoms with van der Waals surface area (Å²) in [5, 5.41) is 5.68. The second kappa shape index (κ2) is 9.55. The van der Waals surface area contributed by atoms with Gasteiger partial charge in [0.25, 0.3) is 0 Å². The monoisotopic (exact) mass is 450 g/mol. The molecule has 0 spiro atoms. The summed E-state index contributed by atoms with van der Waals surface area (Å²) in [7, 11) is 3.31. The van der Waals surface area contributed by atoms with Gasteiger partial charge in [0.05, 0.1) is 37.7 Å². The molecule has 5 rings (SSSR count). The van der Waals surface area contributed by atoms with E-state index in [1.165, 1.54) is 32.1 Å². The van der Waals surface area contributed by atoms with Crippen molar-refractivity contribution >= 4 is 16.9 Å². The Labute approximate surface area is 195 Å². The smallest absolute Gasteiger partial charge is 0.226 e. The Hall–Kier alpha value is -2.87. The number of fused-ring (bicyclic) bond motifs is 1. The normalized spacial score (nSPS) is 18.1. The van der Waals surface area contributed by atoms with Crippen LogP contribution in [0.2, 0.25) is 0 Å². The van der Waals surface area contributed by atoms with Gasteiger partial charge < -0.3 is 20.1 Å². The van der Waals surface area contributed by atoms with Crippen LogP contribution in [0.3, 0.4) is 0 Å². The Morgan fingerprint density at radius 1 is 0.970 bits per heavy atom. The van der Waals surface area contributed by atoms with Gasteiger partial charge in [0.2, 0.25) is 5.95 Å². The fourth-order valence-electron chi connectivity index (χ4n) is 5.18. The lowest BCUT2D eigenvalue weighted by Crippen LogP contribution is -2.37. The van der Waals surface area contributed by atoms with Crippen molar-refractivity contribution in [2.24, 2.45) is 11.7 Å². The molecule has 1 aliphatic carbocycles. The van der Waals surface area contributed by atoms with E-state index in [2.05, 4.69) is 15.8 Å². The number of rotatable bonds is 6. The topological polar surface area (TPSA) is 91.3 Å². The highest BCUT2D eigenvalue weighted by atomic mass is 16.5. The molecule has 0 amide bonds. The molecular weight excluding hydrogens is 416 g/mol. The number of methoxy groups -OCH3 is 2. The number of hydrogen-bond donors (Lipinski definition) is 1. The maximum atomic E-state index is 5.90. The molecule has 0 radical (unpaired) electrons. The van der Waals surface area contributed by atoms with E-state index in [9.17, 15) is 0 Å². The highest BCUT2D eigenvalue weighted by Gasteiger charge is 2.23. The fourth-order valence-corrected chi connectivity index (χ4v) is 5.18. The largest absolute Gasteiger partial charge is 0.493 e. The highest BCUT2D eigenvalue weighted by molar-refractivity contribution is 5.95. The van der Waals surface area contributed by atoms with Crippen molar-refractivity contribution in [2.45, 2.75) is 51.0 Å². The molecule has 1 saturated carbocycles. The Kier molecular flexibility index (Phi) is 6.35. The Morgan fingerprint density at radius 3 is 2.39 bits per heavy atom. The highest BCUT2D eigenvalue weighted by Crippen LogP contribution is 2.37. The van der Waals surface area contributed by atoms with Crippen LogP contribution in [-0.4, -0.2) is 53.6 Å². The number of aromatic nitrogens is 4. The minimum Gasteiger partial charge on any atom is -0.493 e. The van der Waals surface area contributed by atoms with Gasteiger partial charge in [0.1, 0.15) is 0 Å². The minimum absolute atomic E-state index is 0.477. The van der Waals surface area contributed by atoms with E-state index >= 15 is 0 Å². The van der Waals surface area contributed by atoms with Crippen LogP contribution in [0, 0.1) is 5.92 Å². The van der Waals surface area contributed by atoms with Gasteiger partial charge in [-0.2, -0.15) is 5.10 Å². The summed E-state index contributed by atoms with van der Waals surface area (Å²) in [6, 6.07) is 4.40. The van der Waals surface area contributed by atoms with Crippen LogP contribution >= 0.6 is 0 Å². The number of benzene rings is 1. The molecule has 0 unspecified atom stereocenters. The zero-order chi connectivity index (χ0) is 22.8. The van der Waals surface area contributed by atoms with Crippen LogP contribution in [0.4, 0.5) is 5.95 Å². The molecule has 2 aromatic heterocycles. The number of piperidine rings is 1. The van der Waals surface area contributed by atoms with Crippen molar-refractivity contribution in [3.8, 4) is 22.8 Å². The van der Waals surface area contributed by atoms with Crippen LogP contribution in [0.1, 0.15) is 51.0 Å². The molecular formula is C25H34N6O2. The summed E-state index contributed by atoms with van der Waals surface area (Å²) in [5.74, 6) is 2.68. The van der Waals surface area contributed by atoms with E-state index in [-0.39, 0.29) is 0 Å². The van der Waals surface area contributed by atoms with Gasteiger partial charge in [0, 0.05) is 36.3 Å². The summed E-state index contributed by atoms with van der Waals surface area (Å²) in [6.07, 6.45) is 12.5. The first-order valence-corrected chi connectivity index (χ1v) is 12.1. The van der Waals surface area contributed by atoms with Crippen molar-refractivity contribution in [1.29, 1.82) is 0 Å². The first kappa shape index (κ1) is 21.9. The molecule has 1 aromatic carbocycles. The van der Waals surface area contributed by atoms with E-state index in [0.717, 1.165) is 60.6 Å². The molecule has 3 heterocycles. The molecule has 2 aliphatic rings. The zero-order valence-electron chi connectivity index (χ0n) is 19.7. The van der Waals surface area contributed by atoms with Crippen molar-refractivity contribution in [3.05, 3.63) is 24.5 Å². The van der Waals surface area contributed by atoms with Crippen LogP contribution in [-0.2, 0) is 0 Å². The summed E-state index contributed by atoms with van der Waals surface area (Å²) in [5.41, 5.74) is 8.65. The van der Waals surface area contributed by atoms with Crippen molar-refractivity contribution in [2.75, 3.05) is 38.8 Å². The molecule has 1 aliphatic heterocycles. The number of anilines is 1. The molecule has 33 heavy (non-hydrogen) atoms. The number of nitrogens with zero attached hydrogens (tertiary/aromatic N) is 5. The molecule has 176 valence electrons. The molecule has 2 fully saturated rings. The van der Waals surface area contributed by atoms with E-state index in [1.54, 1.807) is 14.2 Å². The van der Waals surface area contributed by atoms with E-state index in [1.807, 2.05) is 18.3 Å². The molecule has 0 bridgehead atoms. The van der Waals surface area contributed by atoms with E-state index < -0.39 is 0 Å². The third-order valence-corrected chi connectivity index (χ3v) is 7.24.